The van der Waals surface area contributed by atoms with Crippen LogP contribution in [0.5, 0.6) is 5.75 Å². The van der Waals surface area contributed by atoms with Gasteiger partial charge in [-0.05, 0) is 49.9 Å². The van der Waals surface area contributed by atoms with E-state index < -0.39 is 0 Å². The van der Waals surface area contributed by atoms with Crippen molar-refractivity contribution in [2.75, 3.05) is 25.1 Å². The Balaban J connectivity index is 1.61. The number of methoxy groups -OCH3 is 1. The molecule has 6 heteroatoms. The summed E-state index contributed by atoms with van der Waals surface area (Å²) in [5.41, 5.74) is 2.22. The fourth-order valence-corrected chi connectivity index (χ4v) is 3.32. The first-order valence-corrected chi connectivity index (χ1v) is 8.61. The van der Waals surface area contributed by atoms with E-state index in [1.807, 2.05) is 12.1 Å². The van der Waals surface area contributed by atoms with Crippen molar-refractivity contribution in [3.63, 3.8) is 0 Å². The molecule has 0 atom stereocenters. The zero-order valence-electron chi connectivity index (χ0n) is 14.7. The molecular formula is C19H24FN3O2. The molecule has 1 aliphatic heterocycles. The van der Waals surface area contributed by atoms with Crippen molar-refractivity contribution in [3.8, 4) is 5.75 Å². The van der Waals surface area contributed by atoms with Crippen molar-refractivity contribution < 1.29 is 14.2 Å². The summed E-state index contributed by atoms with van der Waals surface area (Å²) in [4.78, 5) is 11.2. The van der Waals surface area contributed by atoms with Crippen LogP contribution < -0.4 is 4.90 Å². The second-order valence-corrected chi connectivity index (χ2v) is 6.56. The molecular weight excluding hydrogens is 321 g/mol. The maximum Gasteiger partial charge on any atom is 0.160 e. The van der Waals surface area contributed by atoms with Gasteiger partial charge in [-0.2, -0.15) is 0 Å². The number of aromatic nitrogens is 2. The number of hydrogen-bond acceptors (Lipinski definition) is 5. The molecule has 5 nitrogen and oxygen atoms in total. The summed E-state index contributed by atoms with van der Waals surface area (Å²) in [7, 11) is 1.59. The van der Waals surface area contributed by atoms with E-state index in [0.717, 1.165) is 43.9 Å². The summed E-state index contributed by atoms with van der Waals surface area (Å²) in [6.45, 7) is 3.96. The number of anilines is 1. The normalized spacial score (nSPS) is 15.6. The fourth-order valence-electron chi connectivity index (χ4n) is 3.32. The number of piperidine rings is 1. The van der Waals surface area contributed by atoms with Gasteiger partial charge in [-0.15, -0.1) is 0 Å². The van der Waals surface area contributed by atoms with Crippen molar-refractivity contribution in [1.82, 2.24) is 9.97 Å². The molecule has 1 saturated heterocycles. The number of rotatable bonds is 5. The SMILES string of the molecule is COCc1nc(CC2CCN(c3ccc(F)cc3)CC2)nc(C)c1O. The standard InChI is InChI=1S/C19H24FN3O2/c1-13-19(24)17(12-25-2)22-18(21-13)11-14-7-9-23(10-8-14)16-5-3-15(20)4-6-16/h3-6,14,24H,7-12H2,1-2H3. The van der Waals surface area contributed by atoms with Gasteiger partial charge in [0.1, 0.15) is 17.3 Å². The average Bonchev–Trinajstić information content (AvgIpc) is 2.61. The molecule has 1 aromatic carbocycles. The molecule has 0 aliphatic carbocycles. The van der Waals surface area contributed by atoms with Gasteiger partial charge in [0, 0.05) is 32.3 Å². The van der Waals surface area contributed by atoms with Crippen molar-refractivity contribution in [1.29, 1.82) is 0 Å². The molecule has 0 saturated carbocycles. The largest absolute Gasteiger partial charge is 0.504 e. The zero-order valence-corrected chi connectivity index (χ0v) is 14.7. The van der Waals surface area contributed by atoms with Crippen LogP contribution >= 0.6 is 0 Å². The summed E-state index contributed by atoms with van der Waals surface area (Å²) in [5.74, 6) is 1.20. The third kappa shape index (κ3) is 4.25. The summed E-state index contributed by atoms with van der Waals surface area (Å²) in [5, 5.41) is 10.0. The Morgan fingerprint density at radius 1 is 1.20 bits per heavy atom. The minimum Gasteiger partial charge on any atom is -0.504 e. The minimum absolute atomic E-state index is 0.122. The maximum atomic E-state index is 13.0. The van der Waals surface area contributed by atoms with E-state index in [-0.39, 0.29) is 18.2 Å². The lowest BCUT2D eigenvalue weighted by Gasteiger charge is -2.33. The summed E-state index contributed by atoms with van der Waals surface area (Å²) in [6.07, 6.45) is 2.88. The van der Waals surface area contributed by atoms with Gasteiger partial charge in [-0.3, -0.25) is 0 Å². The predicted octanol–water partition coefficient (Wildman–Crippen LogP) is 3.24. The molecule has 0 unspecified atom stereocenters. The molecule has 1 aromatic heterocycles. The number of nitrogens with zero attached hydrogens (tertiary/aromatic N) is 3. The first-order valence-electron chi connectivity index (χ1n) is 8.61. The Kier molecular flexibility index (Phi) is 5.48. The van der Waals surface area contributed by atoms with Crippen LogP contribution in [0, 0.1) is 18.7 Å². The van der Waals surface area contributed by atoms with Crippen molar-refractivity contribution in [3.05, 3.63) is 47.3 Å². The highest BCUT2D eigenvalue weighted by molar-refractivity contribution is 5.46. The van der Waals surface area contributed by atoms with Gasteiger partial charge >= 0.3 is 0 Å². The number of benzene rings is 1. The van der Waals surface area contributed by atoms with Crippen LogP contribution in [0.4, 0.5) is 10.1 Å². The lowest BCUT2D eigenvalue weighted by molar-refractivity contribution is 0.177. The Hall–Kier alpha value is -2.21. The first-order chi connectivity index (χ1) is 12.1. The van der Waals surface area contributed by atoms with E-state index in [0.29, 0.717) is 17.3 Å². The number of aromatic hydroxyl groups is 1. The molecule has 134 valence electrons. The van der Waals surface area contributed by atoms with Gasteiger partial charge in [0.15, 0.2) is 5.75 Å². The van der Waals surface area contributed by atoms with Gasteiger partial charge in [0.05, 0.1) is 12.3 Å². The molecule has 1 fully saturated rings. The third-order valence-electron chi connectivity index (χ3n) is 4.74. The highest BCUT2D eigenvalue weighted by atomic mass is 19.1. The van der Waals surface area contributed by atoms with E-state index in [2.05, 4.69) is 14.9 Å². The monoisotopic (exact) mass is 345 g/mol. The molecule has 0 bridgehead atoms. The minimum atomic E-state index is -0.203. The highest BCUT2D eigenvalue weighted by Crippen LogP contribution is 2.26. The number of aryl methyl sites for hydroxylation is 1. The van der Waals surface area contributed by atoms with E-state index in [9.17, 15) is 9.50 Å². The average molecular weight is 345 g/mol. The Morgan fingerprint density at radius 3 is 2.52 bits per heavy atom. The van der Waals surface area contributed by atoms with E-state index in [1.165, 1.54) is 12.1 Å². The molecule has 1 N–H and O–H groups in total. The van der Waals surface area contributed by atoms with Gasteiger partial charge in [-0.25, -0.2) is 14.4 Å². The molecule has 0 amide bonds. The lowest BCUT2D eigenvalue weighted by Crippen LogP contribution is -2.34. The van der Waals surface area contributed by atoms with Crippen LogP contribution in [0.1, 0.15) is 30.1 Å². The van der Waals surface area contributed by atoms with E-state index >= 15 is 0 Å². The molecule has 3 rings (SSSR count). The third-order valence-corrected chi connectivity index (χ3v) is 4.74. The summed E-state index contributed by atoms with van der Waals surface area (Å²) >= 11 is 0. The predicted molar refractivity (Wildman–Crippen MR) is 94.2 cm³/mol. The smallest absolute Gasteiger partial charge is 0.160 e. The van der Waals surface area contributed by atoms with Crippen LogP contribution in [0.25, 0.3) is 0 Å². The topological polar surface area (TPSA) is 58.5 Å². The van der Waals surface area contributed by atoms with Crippen LogP contribution in [0.15, 0.2) is 24.3 Å². The van der Waals surface area contributed by atoms with Crippen molar-refractivity contribution in [2.45, 2.75) is 32.8 Å². The maximum absolute atomic E-state index is 13.0. The second kappa shape index (κ2) is 7.78. The lowest BCUT2D eigenvalue weighted by atomic mass is 9.93. The Bertz CT molecular complexity index is 713. The van der Waals surface area contributed by atoms with Crippen LogP contribution in [-0.4, -0.2) is 35.3 Å². The molecule has 25 heavy (non-hydrogen) atoms. The quantitative estimate of drug-likeness (QED) is 0.901. The molecule has 0 spiro atoms. The van der Waals surface area contributed by atoms with Gasteiger partial charge < -0.3 is 14.7 Å². The fraction of sp³-hybridized carbons (Fsp3) is 0.474. The highest BCUT2D eigenvalue weighted by Gasteiger charge is 2.21. The van der Waals surface area contributed by atoms with Gasteiger partial charge in [0.25, 0.3) is 0 Å². The van der Waals surface area contributed by atoms with Gasteiger partial charge in [0.2, 0.25) is 0 Å². The van der Waals surface area contributed by atoms with Crippen LogP contribution in [0.2, 0.25) is 0 Å². The van der Waals surface area contributed by atoms with Crippen molar-refractivity contribution in [2.24, 2.45) is 5.92 Å². The molecule has 2 aromatic rings. The summed E-state index contributed by atoms with van der Waals surface area (Å²) < 4.78 is 18.1. The number of ether oxygens (including phenoxy) is 1. The van der Waals surface area contributed by atoms with Gasteiger partial charge in [-0.1, -0.05) is 0 Å². The molecule has 0 radical (unpaired) electrons. The Morgan fingerprint density at radius 2 is 1.88 bits per heavy atom. The number of hydrogen-bond donors (Lipinski definition) is 1. The Labute approximate surface area is 147 Å². The van der Waals surface area contributed by atoms with Crippen LogP contribution in [-0.2, 0) is 17.8 Å². The first kappa shape index (κ1) is 17.6. The summed E-state index contributed by atoms with van der Waals surface area (Å²) in [6, 6.07) is 6.68. The molecule has 2 heterocycles. The molecule has 1 aliphatic rings. The van der Waals surface area contributed by atoms with E-state index in [4.69, 9.17) is 4.74 Å². The second-order valence-electron chi connectivity index (χ2n) is 6.56. The van der Waals surface area contributed by atoms with Crippen LogP contribution in [0.3, 0.4) is 0 Å². The van der Waals surface area contributed by atoms with Crippen molar-refractivity contribution >= 4 is 5.69 Å². The zero-order chi connectivity index (χ0) is 17.8. The number of halogens is 1. The van der Waals surface area contributed by atoms with E-state index in [1.54, 1.807) is 14.0 Å².